The Labute approximate surface area is 245 Å². The molecule has 1 aromatic carbocycles. The van der Waals surface area contributed by atoms with Gasteiger partial charge in [-0.1, -0.05) is 32.9 Å². The van der Waals surface area contributed by atoms with Crippen LogP contribution >= 0.6 is 0 Å². The Kier molecular flexibility index (Phi) is 9.45. The van der Waals surface area contributed by atoms with Gasteiger partial charge in [0, 0.05) is 31.9 Å². The number of carbonyl (C=O) groups excluding carboxylic acids is 3. The van der Waals surface area contributed by atoms with Crippen molar-refractivity contribution in [2.75, 3.05) is 26.7 Å². The third-order valence-corrected chi connectivity index (χ3v) is 7.70. The standard InChI is InChI=1S/C30H40FN7O4/c1-19(32-5)26(40)35-25(30(2,3)4)28(42)38-13-6-7-22(38)16-36(14-12-20-8-10-21(31)11-9-20)27(41)24-18-37-17-23(39)15-33-29(37)34-24/h8-11,15,17-19,22,25,32,39H,6-7,12-14,16H2,1-5H3,(H,35,40). The number of benzene rings is 1. The van der Waals surface area contributed by atoms with Crippen LogP contribution in [0.3, 0.4) is 0 Å². The monoisotopic (exact) mass is 581 g/mol. The van der Waals surface area contributed by atoms with E-state index in [1.165, 1.54) is 35.1 Å². The van der Waals surface area contributed by atoms with Gasteiger partial charge in [0.05, 0.1) is 18.4 Å². The second-order valence-corrected chi connectivity index (χ2v) is 11.9. The van der Waals surface area contributed by atoms with Crippen LogP contribution in [0.2, 0.25) is 0 Å². The van der Waals surface area contributed by atoms with E-state index in [4.69, 9.17) is 0 Å². The second kappa shape index (κ2) is 12.8. The minimum atomic E-state index is -0.748. The SMILES string of the molecule is CNC(C)C(=O)NC(C(=O)N1CCCC1CN(CCc1ccc(F)cc1)C(=O)c1cn2cc(O)cnc2n1)C(C)(C)C. The molecule has 12 heteroatoms. The summed E-state index contributed by atoms with van der Waals surface area (Å²) in [6.45, 7) is 8.57. The first-order valence-corrected chi connectivity index (χ1v) is 14.2. The molecule has 1 fully saturated rings. The number of amides is 3. The Balaban J connectivity index is 1.58. The van der Waals surface area contributed by atoms with Gasteiger partial charge in [-0.2, -0.15) is 0 Å². The predicted octanol–water partition coefficient (Wildman–Crippen LogP) is 2.39. The Morgan fingerprint density at radius 1 is 1.19 bits per heavy atom. The van der Waals surface area contributed by atoms with E-state index in [-0.39, 0.29) is 53.3 Å². The summed E-state index contributed by atoms with van der Waals surface area (Å²) in [5.41, 5.74) is 0.480. The molecule has 11 nitrogen and oxygen atoms in total. The molecular formula is C30H40FN7O4. The van der Waals surface area contributed by atoms with Gasteiger partial charge in [-0.05, 0) is 56.3 Å². The van der Waals surface area contributed by atoms with Crippen molar-refractivity contribution < 1.29 is 23.9 Å². The maximum absolute atomic E-state index is 13.9. The summed E-state index contributed by atoms with van der Waals surface area (Å²) in [4.78, 5) is 52.4. The summed E-state index contributed by atoms with van der Waals surface area (Å²) in [6, 6.07) is 4.66. The number of carbonyl (C=O) groups is 3. The molecule has 3 unspecified atom stereocenters. The number of fused-ring (bicyclic) bond motifs is 1. The Hall–Kier alpha value is -4.06. The van der Waals surface area contributed by atoms with Gasteiger partial charge >= 0.3 is 0 Å². The summed E-state index contributed by atoms with van der Waals surface area (Å²) in [6.07, 6.45) is 6.13. The molecule has 0 bridgehead atoms. The first-order valence-electron chi connectivity index (χ1n) is 14.2. The van der Waals surface area contributed by atoms with Crippen molar-refractivity contribution in [3.63, 3.8) is 0 Å². The van der Waals surface area contributed by atoms with E-state index in [2.05, 4.69) is 20.6 Å². The third kappa shape index (κ3) is 7.22. The number of aromatic nitrogens is 3. The summed E-state index contributed by atoms with van der Waals surface area (Å²) in [5.74, 6) is -0.908. The van der Waals surface area contributed by atoms with Crippen molar-refractivity contribution in [1.82, 2.24) is 34.8 Å². The number of halogens is 1. The average molecular weight is 582 g/mol. The van der Waals surface area contributed by atoms with Gasteiger partial charge in [-0.3, -0.25) is 18.8 Å². The van der Waals surface area contributed by atoms with Crippen LogP contribution in [0.1, 0.15) is 56.6 Å². The molecule has 1 aliphatic rings. The number of likely N-dealkylation sites (N-methyl/N-ethyl adjacent to an activating group) is 1. The fraction of sp³-hybridized carbons (Fsp3) is 0.500. The van der Waals surface area contributed by atoms with Gasteiger partial charge in [0.1, 0.15) is 17.6 Å². The van der Waals surface area contributed by atoms with E-state index < -0.39 is 17.5 Å². The molecule has 3 amide bonds. The zero-order valence-corrected chi connectivity index (χ0v) is 24.8. The van der Waals surface area contributed by atoms with E-state index in [0.717, 1.165) is 12.0 Å². The molecule has 1 saturated heterocycles. The number of imidazole rings is 1. The highest BCUT2D eigenvalue weighted by Gasteiger charge is 2.41. The molecular weight excluding hydrogens is 541 g/mol. The van der Waals surface area contributed by atoms with E-state index in [0.29, 0.717) is 25.9 Å². The highest BCUT2D eigenvalue weighted by atomic mass is 19.1. The third-order valence-electron chi connectivity index (χ3n) is 7.70. The molecule has 2 aromatic heterocycles. The van der Waals surface area contributed by atoms with Crippen LogP contribution in [0.4, 0.5) is 4.39 Å². The average Bonchev–Trinajstić information content (AvgIpc) is 3.59. The zero-order chi connectivity index (χ0) is 30.6. The summed E-state index contributed by atoms with van der Waals surface area (Å²) < 4.78 is 15.0. The minimum absolute atomic E-state index is 0.0585. The number of nitrogens with one attached hydrogen (secondary N) is 2. The van der Waals surface area contributed by atoms with Crippen LogP contribution in [0, 0.1) is 11.2 Å². The lowest BCUT2D eigenvalue weighted by molar-refractivity contribution is -0.140. The van der Waals surface area contributed by atoms with E-state index in [1.54, 1.807) is 35.9 Å². The lowest BCUT2D eigenvalue weighted by Crippen LogP contribution is -2.59. The van der Waals surface area contributed by atoms with Crippen molar-refractivity contribution >= 4 is 23.5 Å². The maximum atomic E-state index is 13.9. The molecule has 3 atom stereocenters. The Morgan fingerprint density at radius 3 is 2.57 bits per heavy atom. The largest absolute Gasteiger partial charge is 0.505 e. The minimum Gasteiger partial charge on any atom is -0.505 e. The van der Waals surface area contributed by atoms with Crippen molar-refractivity contribution in [3.05, 3.63) is 59.9 Å². The Bertz CT molecular complexity index is 1420. The van der Waals surface area contributed by atoms with Crippen molar-refractivity contribution in [2.24, 2.45) is 5.41 Å². The van der Waals surface area contributed by atoms with Crippen molar-refractivity contribution in [1.29, 1.82) is 0 Å². The summed E-state index contributed by atoms with van der Waals surface area (Å²) >= 11 is 0. The zero-order valence-electron chi connectivity index (χ0n) is 24.8. The lowest BCUT2D eigenvalue weighted by atomic mass is 9.85. The van der Waals surface area contributed by atoms with Gasteiger partial charge < -0.3 is 25.5 Å². The number of aromatic hydroxyl groups is 1. The second-order valence-electron chi connectivity index (χ2n) is 11.9. The molecule has 226 valence electrons. The molecule has 0 spiro atoms. The van der Waals surface area contributed by atoms with Gasteiger partial charge in [-0.25, -0.2) is 14.4 Å². The molecule has 3 aromatic rings. The molecule has 42 heavy (non-hydrogen) atoms. The number of nitrogens with zero attached hydrogens (tertiary/aromatic N) is 5. The highest BCUT2D eigenvalue weighted by molar-refractivity contribution is 5.93. The van der Waals surface area contributed by atoms with Gasteiger partial charge in [0.25, 0.3) is 5.91 Å². The smallest absolute Gasteiger partial charge is 0.274 e. The number of rotatable bonds is 10. The number of likely N-dealkylation sites (tertiary alicyclic amines) is 1. The Morgan fingerprint density at radius 2 is 1.90 bits per heavy atom. The summed E-state index contributed by atoms with van der Waals surface area (Å²) in [7, 11) is 1.69. The van der Waals surface area contributed by atoms with Crippen LogP contribution in [0.15, 0.2) is 42.9 Å². The van der Waals surface area contributed by atoms with Crippen LogP contribution in [0.25, 0.3) is 5.78 Å². The molecule has 3 heterocycles. The topological polar surface area (TPSA) is 132 Å². The van der Waals surface area contributed by atoms with E-state index in [9.17, 15) is 23.9 Å². The van der Waals surface area contributed by atoms with Crippen LogP contribution in [-0.2, 0) is 16.0 Å². The van der Waals surface area contributed by atoms with Gasteiger partial charge in [0.2, 0.25) is 17.6 Å². The van der Waals surface area contributed by atoms with Crippen LogP contribution in [0.5, 0.6) is 5.75 Å². The van der Waals surface area contributed by atoms with Gasteiger partial charge in [-0.15, -0.1) is 0 Å². The molecule has 1 aliphatic heterocycles. The normalized spacial score (nSPS) is 16.8. The molecule has 0 aliphatic carbocycles. The maximum Gasteiger partial charge on any atom is 0.274 e. The molecule has 3 N–H and O–H groups in total. The van der Waals surface area contributed by atoms with Crippen LogP contribution in [-0.4, -0.2) is 91.8 Å². The van der Waals surface area contributed by atoms with E-state index >= 15 is 0 Å². The highest BCUT2D eigenvalue weighted by Crippen LogP contribution is 2.27. The fourth-order valence-electron chi connectivity index (χ4n) is 5.11. The van der Waals surface area contributed by atoms with Gasteiger partial charge in [0.15, 0.2) is 5.75 Å². The summed E-state index contributed by atoms with van der Waals surface area (Å²) in [5, 5.41) is 15.6. The van der Waals surface area contributed by atoms with Crippen LogP contribution < -0.4 is 10.6 Å². The number of hydrogen-bond acceptors (Lipinski definition) is 7. The van der Waals surface area contributed by atoms with Crippen molar-refractivity contribution in [2.45, 2.75) is 65.1 Å². The van der Waals surface area contributed by atoms with Crippen molar-refractivity contribution in [3.8, 4) is 5.75 Å². The fourth-order valence-corrected chi connectivity index (χ4v) is 5.11. The first-order chi connectivity index (χ1) is 19.9. The molecule has 0 radical (unpaired) electrons. The van der Waals surface area contributed by atoms with E-state index in [1.807, 2.05) is 20.8 Å². The predicted molar refractivity (Wildman–Crippen MR) is 155 cm³/mol. The first kappa shape index (κ1) is 30.9. The molecule has 0 saturated carbocycles. The molecule has 4 rings (SSSR count). The number of hydrogen-bond donors (Lipinski definition) is 3. The quantitative estimate of drug-likeness (QED) is 0.335. The lowest BCUT2D eigenvalue weighted by Gasteiger charge is -2.37.